The minimum absolute atomic E-state index is 0.00875. The number of rotatable bonds is 9. The second-order valence-corrected chi connectivity index (χ2v) is 12.6. The molecule has 0 spiro atoms. The maximum Gasteiger partial charge on any atom is 0.524 e. The van der Waals surface area contributed by atoms with E-state index < -0.39 is 43.7 Å². The molecule has 2 fully saturated rings. The van der Waals surface area contributed by atoms with Gasteiger partial charge in [-0.15, -0.1) is 0 Å². The second kappa shape index (κ2) is 13.4. The third-order valence-electron chi connectivity index (χ3n) is 8.21. The molecule has 14 nitrogen and oxygen atoms in total. The first-order valence-corrected chi connectivity index (χ1v) is 16.4. The lowest BCUT2D eigenvalue weighted by molar-refractivity contribution is -0.176. The summed E-state index contributed by atoms with van der Waals surface area (Å²) in [5.41, 5.74) is 2.74. The Morgan fingerprint density at radius 2 is 1.69 bits per heavy atom. The standard InChI is InChI=1S/C30H36N5O9P/c1-18(36)31-25(17-19-8-11-21(12-9-19)44-45(41,42)43)28(38)33-24-14-15-27(37)34-16-4-7-26(35(34)30(24)40)29(39)32-23-13-10-20-5-2-3-6-22(20)23/h2-3,5-6,8-9,11-12,23-26H,4,7,10,13-17H2,1H3,(H,31,36)(H,32,39)(H,33,38)(H2,41,42,43)/t23-,24+,25+,26-/m0/s1. The maximum absolute atomic E-state index is 13.9. The van der Waals surface area contributed by atoms with Crippen LogP contribution < -0.4 is 20.5 Å². The van der Waals surface area contributed by atoms with Gasteiger partial charge in [0.2, 0.25) is 23.6 Å². The van der Waals surface area contributed by atoms with E-state index in [0.717, 1.165) is 24.0 Å². The third-order valence-corrected chi connectivity index (χ3v) is 8.66. The van der Waals surface area contributed by atoms with Gasteiger partial charge in [-0.3, -0.25) is 38.8 Å². The summed E-state index contributed by atoms with van der Waals surface area (Å²) in [6.07, 6.45) is 2.43. The molecule has 5 N–H and O–H groups in total. The molecule has 2 saturated heterocycles. The summed E-state index contributed by atoms with van der Waals surface area (Å²) in [4.78, 5) is 84.1. The smallest absolute Gasteiger partial charge is 0.404 e. The van der Waals surface area contributed by atoms with Crippen LogP contribution in [0.3, 0.4) is 0 Å². The van der Waals surface area contributed by atoms with Gasteiger partial charge in [0.1, 0.15) is 23.9 Å². The molecule has 240 valence electrons. The van der Waals surface area contributed by atoms with E-state index in [1.165, 1.54) is 41.2 Å². The van der Waals surface area contributed by atoms with Gasteiger partial charge in [0.05, 0.1) is 6.04 Å². The van der Waals surface area contributed by atoms with Crippen LogP contribution >= 0.6 is 7.82 Å². The molecule has 2 aromatic rings. The Labute approximate surface area is 259 Å². The van der Waals surface area contributed by atoms with E-state index in [-0.39, 0.29) is 49.4 Å². The van der Waals surface area contributed by atoms with Crippen LogP contribution in [0.1, 0.15) is 61.8 Å². The minimum Gasteiger partial charge on any atom is -0.404 e. The Morgan fingerprint density at radius 3 is 2.40 bits per heavy atom. The first-order chi connectivity index (χ1) is 21.4. The quantitative estimate of drug-likeness (QED) is 0.249. The molecule has 15 heteroatoms. The molecular formula is C30H36N5O9P. The fraction of sp³-hybridized carbons (Fsp3) is 0.433. The van der Waals surface area contributed by atoms with Gasteiger partial charge in [-0.25, -0.2) is 9.57 Å². The molecule has 2 aromatic carbocycles. The molecular weight excluding hydrogens is 605 g/mol. The highest BCUT2D eigenvalue weighted by molar-refractivity contribution is 7.46. The highest BCUT2D eigenvalue weighted by atomic mass is 31.2. The molecule has 3 aliphatic rings. The highest BCUT2D eigenvalue weighted by Crippen LogP contribution is 2.37. The van der Waals surface area contributed by atoms with Gasteiger partial charge < -0.3 is 20.5 Å². The van der Waals surface area contributed by atoms with E-state index in [1.807, 2.05) is 24.3 Å². The van der Waals surface area contributed by atoms with Gasteiger partial charge in [0, 0.05) is 26.3 Å². The average molecular weight is 642 g/mol. The Bertz CT molecular complexity index is 1530. The lowest BCUT2D eigenvalue weighted by Crippen LogP contribution is -2.64. The van der Waals surface area contributed by atoms with Gasteiger partial charge in [-0.1, -0.05) is 36.4 Å². The summed E-state index contributed by atoms with van der Waals surface area (Å²) < 4.78 is 15.6. The van der Waals surface area contributed by atoms with Crippen molar-refractivity contribution in [3.63, 3.8) is 0 Å². The normalized spacial score (nSPS) is 22.1. The van der Waals surface area contributed by atoms with Crippen LogP contribution in [0.15, 0.2) is 48.5 Å². The Balaban J connectivity index is 1.30. The zero-order chi connectivity index (χ0) is 32.3. The highest BCUT2D eigenvalue weighted by Gasteiger charge is 2.45. The fourth-order valence-corrected chi connectivity index (χ4v) is 6.56. The molecule has 0 radical (unpaired) electrons. The number of hydrazine groups is 1. The molecule has 5 rings (SSSR count). The van der Waals surface area contributed by atoms with Crippen molar-refractivity contribution < 1.29 is 42.8 Å². The number of hydrogen-bond donors (Lipinski definition) is 5. The van der Waals surface area contributed by atoms with Crippen LogP contribution in [0, 0.1) is 0 Å². The molecule has 0 bridgehead atoms. The number of carbonyl (C=O) groups excluding carboxylic acids is 5. The Morgan fingerprint density at radius 1 is 0.978 bits per heavy atom. The van der Waals surface area contributed by atoms with E-state index in [9.17, 15) is 28.5 Å². The molecule has 2 heterocycles. The van der Waals surface area contributed by atoms with Crippen molar-refractivity contribution in [3.8, 4) is 5.75 Å². The summed E-state index contributed by atoms with van der Waals surface area (Å²) in [6.45, 7) is 1.52. The van der Waals surface area contributed by atoms with Crippen LogP contribution in [-0.4, -0.2) is 74.0 Å². The zero-order valence-electron chi connectivity index (χ0n) is 24.7. The minimum atomic E-state index is -4.75. The van der Waals surface area contributed by atoms with Crippen molar-refractivity contribution in [1.82, 2.24) is 26.0 Å². The molecule has 0 unspecified atom stereocenters. The summed E-state index contributed by atoms with van der Waals surface area (Å²) in [7, 11) is -4.75. The zero-order valence-corrected chi connectivity index (χ0v) is 25.6. The molecule has 1 aliphatic carbocycles. The largest absolute Gasteiger partial charge is 0.524 e. The molecule has 0 aromatic heterocycles. The maximum atomic E-state index is 13.9. The lowest BCUT2D eigenvalue weighted by atomic mass is 10.0. The van der Waals surface area contributed by atoms with Gasteiger partial charge in [0.25, 0.3) is 5.91 Å². The van der Waals surface area contributed by atoms with Gasteiger partial charge >= 0.3 is 7.82 Å². The third kappa shape index (κ3) is 7.70. The average Bonchev–Trinajstić information content (AvgIpc) is 3.35. The van der Waals surface area contributed by atoms with Gasteiger partial charge in [0.15, 0.2) is 0 Å². The summed E-state index contributed by atoms with van der Waals surface area (Å²) >= 11 is 0. The SMILES string of the molecule is CC(=O)N[C@H](Cc1ccc(OP(=O)(O)O)cc1)C(=O)N[C@@H]1CCC(=O)N2CCC[C@@H](C(=O)N[C@H]3CCc4ccccc43)N2C1=O. The first kappa shape index (κ1) is 32.1. The fourth-order valence-electron chi connectivity index (χ4n) is 6.17. The second-order valence-electron chi connectivity index (χ2n) is 11.4. The number of carbonyl (C=O) groups is 5. The number of nitrogens with one attached hydrogen (secondary N) is 3. The van der Waals surface area contributed by atoms with E-state index >= 15 is 0 Å². The van der Waals surface area contributed by atoms with Crippen LogP contribution in [0.2, 0.25) is 0 Å². The van der Waals surface area contributed by atoms with Crippen LogP contribution in [0.5, 0.6) is 5.75 Å². The van der Waals surface area contributed by atoms with Gasteiger partial charge in [-0.05, 0) is 60.9 Å². The van der Waals surface area contributed by atoms with E-state index in [4.69, 9.17) is 9.79 Å². The van der Waals surface area contributed by atoms with Crippen LogP contribution in [0.25, 0.3) is 0 Å². The number of benzene rings is 2. The van der Waals surface area contributed by atoms with E-state index in [2.05, 4.69) is 20.5 Å². The number of amides is 5. The van der Waals surface area contributed by atoms with E-state index in [1.54, 1.807) is 0 Å². The monoisotopic (exact) mass is 641 g/mol. The van der Waals surface area contributed by atoms with Crippen molar-refractivity contribution in [3.05, 3.63) is 65.2 Å². The van der Waals surface area contributed by atoms with Crippen LogP contribution in [-0.2, 0) is 41.4 Å². The lowest BCUT2D eigenvalue weighted by Gasteiger charge is -2.43. The van der Waals surface area contributed by atoms with Gasteiger partial charge in [-0.2, -0.15) is 0 Å². The predicted molar refractivity (Wildman–Crippen MR) is 159 cm³/mol. The number of phosphoric acid groups is 1. The van der Waals surface area contributed by atoms with Crippen molar-refractivity contribution in [2.45, 2.75) is 76.0 Å². The van der Waals surface area contributed by atoms with Crippen LogP contribution in [0.4, 0.5) is 0 Å². The molecule has 0 saturated carbocycles. The number of fused-ring (bicyclic) bond motifs is 2. The number of aryl methyl sites for hydroxylation is 1. The topological polar surface area (TPSA) is 195 Å². The Hall–Kier alpha value is -4.26. The molecule has 5 amide bonds. The number of nitrogens with zero attached hydrogens (tertiary/aromatic N) is 2. The van der Waals surface area contributed by atoms with Crippen molar-refractivity contribution >= 4 is 37.4 Å². The summed E-state index contributed by atoms with van der Waals surface area (Å²) in [5, 5.41) is 10.9. The number of phosphoric ester groups is 1. The number of hydrogen-bond acceptors (Lipinski definition) is 7. The van der Waals surface area contributed by atoms with E-state index in [0.29, 0.717) is 18.4 Å². The first-order valence-electron chi connectivity index (χ1n) is 14.8. The summed E-state index contributed by atoms with van der Waals surface area (Å²) in [6, 6.07) is 10.1. The molecule has 2 aliphatic heterocycles. The predicted octanol–water partition coefficient (Wildman–Crippen LogP) is 1.02. The summed E-state index contributed by atoms with van der Waals surface area (Å²) in [5.74, 6) is -2.51. The molecule has 45 heavy (non-hydrogen) atoms. The Kier molecular flexibility index (Phi) is 9.56. The van der Waals surface area contributed by atoms with Crippen molar-refractivity contribution in [1.29, 1.82) is 0 Å². The van der Waals surface area contributed by atoms with Crippen molar-refractivity contribution in [2.24, 2.45) is 0 Å². The molecule has 4 atom stereocenters. The van der Waals surface area contributed by atoms with Crippen molar-refractivity contribution in [2.75, 3.05) is 6.54 Å².